The number of aryl methyl sites for hydroxylation is 1. The van der Waals surface area contributed by atoms with E-state index in [1.54, 1.807) is 19.0 Å². The van der Waals surface area contributed by atoms with E-state index in [9.17, 15) is 9.59 Å². The maximum atomic E-state index is 13.3. The molecule has 3 aromatic rings. The third-order valence-corrected chi connectivity index (χ3v) is 6.39. The average molecular weight is 382 g/mol. The van der Waals surface area contributed by atoms with Crippen LogP contribution in [0.2, 0.25) is 0 Å². The van der Waals surface area contributed by atoms with Gasteiger partial charge < -0.3 is 14.4 Å². The summed E-state index contributed by atoms with van der Waals surface area (Å²) < 4.78 is 2.01. The van der Waals surface area contributed by atoms with Crippen molar-refractivity contribution in [2.75, 3.05) is 20.6 Å². The number of carbonyl (C=O) groups is 2. The molecule has 2 amide bonds. The molecule has 0 N–H and O–H groups in total. The molecule has 5 nitrogen and oxygen atoms in total. The van der Waals surface area contributed by atoms with E-state index in [4.69, 9.17) is 0 Å². The molecule has 0 bridgehead atoms. The van der Waals surface area contributed by atoms with Crippen LogP contribution in [0, 0.1) is 0 Å². The largest absolute Gasteiger partial charge is 0.350 e. The zero-order valence-electron chi connectivity index (χ0n) is 15.8. The predicted octanol–water partition coefficient (Wildman–Crippen LogP) is 3.92. The SMILES string of the molecule is CN(C)C(=O)c1ccc(C2CCCN2C(=O)c2cn(C)c3ccccc23)s1. The highest BCUT2D eigenvalue weighted by molar-refractivity contribution is 7.14. The van der Waals surface area contributed by atoms with Crippen molar-refractivity contribution in [3.8, 4) is 0 Å². The number of aromatic nitrogens is 1. The van der Waals surface area contributed by atoms with Crippen LogP contribution in [0.25, 0.3) is 10.9 Å². The van der Waals surface area contributed by atoms with Crippen LogP contribution in [-0.2, 0) is 7.05 Å². The number of hydrogen-bond donors (Lipinski definition) is 0. The Morgan fingerprint density at radius 2 is 1.93 bits per heavy atom. The molecule has 0 aliphatic carbocycles. The van der Waals surface area contributed by atoms with E-state index < -0.39 is 0 Å². The fourth-order valence-electron chi connectivity index (χ4n) is 3.84. The molecule has 1 saturated heterocycles. The highest BCUT2D eigenvalue weighted by Gasteiger charge is 2.33. The van der Waals surface area contributed by atoms with Crippen LogP contribution in [0.5, 0.6) is 0 Å². The summed E-state index contributed by atoms with van der Waals surface area (Å²) in [4.78, 5) is 30.9. The van der Waals surface area contributed by atoms with Crippen molar-refractivity contribution in [1.29, 1.82) is 0 Å². The number of likely N-dealkylation sites (tertiary alicyclic amines) is 1. The lowest BCUT2D eigenvalue weighted by Crippen LogP contribution is -2.30. The summed E-state index contributed by atoms with van der Waals surface area (Å²) in [6, 6.07) is 11.9. The summed E-state index contributed by atoms with van der Waals surface area (Å²) in [5.74, 6) is 0.0827. The third kappa shape index (κ3) is 3.04. The van der Waals surface area contributed by atoms with Gasteiger partial charge in [-0.2, -0.15) is 0 Å². The molecule has 1 aliphatic rings. The first-order valence-electron chi connectivity index (χ1n) is 9.14. The van der Waals surface area contributed by atoms with Crippen molar-refractivity contribution in [2.24, 2.45) is 7.05 Å². The Balaban J connectivity index is 1.65. The molecule has 1 unspecified atom stereocenters. The van der Waals surface area contributed by atoms with Crippen molar-refractivity contribution in [3.05, 3.63) is 57.9 Å². The standard InChI is InChI=1S/C21H23N3O2S/c1-22(2)21(26)19-11-10-18(27-19)17-9-6-12-24(17)20(25)15-13-23(3)16-8-5-4-7-14(15)16/h4-5,7-8,10-11,13,17H,6,9,12H2,1-3H3. The molecule has 0 radical (unpaired) electrons. The van der Waals surface area contributed by atoms with Gasteiger partial charge in [0.1, 0.15) is 0 Å². The molecule has 0 saturated carbocycles. The summed E-state index contributed by atoms with van der Waals surface area (Å²) in [6.07, 6.45) is 3.85. The number of hydrogen-bond acceptors (Lipinski definition) is 3. The van der Waals surface area contributed by atoms with Gasteiger partial charge in [0, 0.05) is 49.7 Å². The molecule has 4 rings (SSSR count). The van der Waals surface area contributed by atoms with Crippen LogP contribution in [0.15, 0.2) is 42.6 Å². The molecule has 1 atom stereocenters. The normalized spacial score (nSPS) is 16.9. The monoisotopic (exact) mass is 381 g/mol. The lowest BCUT2D eigenvalue weighted by atomic mass is 10.1. The van der Waals surface area contributed by atoms with Crippen molar-refractivity contribution >= 4 is 34.1 Å². The molecular weight excluding hydrogens is 358 g/mol. The van der Waals surface area contributed by atoms with Crippen molar-refractivity contribution in [1.82, 2.24) is 14.4 Å². The minimum absolute atomic E-state index is 0.0103. The lowest BCUT2D eigenvalue weighted by Gasteiger charge is -2.23. The van der Waals surface area contributed by atoms with Gasteiger partial charge in [-0.05, 0) is 31.0 Å². The molecule has 27 heavy (non-hydrogen) atoms. The van der Waals surface area contributed by atoms with Crippen molar-refractivity contribution in [3.63, 3.8) is 0 Å². The lowest BCUT2D eigenvalue weighted by molar-refractivity contribution is 0.0739. The van der Waals surface area contributed by atoms with E-state index in [2.05, 4.69) is 0 Å². The predicted molar refractivity (Wildman–Crippen MR) is 108 cm³/mol. The van der Waals surface area contributed by atoms with Gasteiger partial charge >= 0.3 is 0 Å². The molecule has 0 spiro atoms. The number of nitrogens with zero attached hydrogens (tertiary/aromatic N) is 3. The minimum atomic E-state index is 0.0103. The fraction of sp³-hybridized carbons (Fsp3) is 0.333. The maximum Gasteiger partial charge on any atom is 0.263 e. The van der Waals surface area contributed by atoms with Gasteiger partial charge in [-0.25, -0.2) is 0 Å². The fourth-order valence-corrected chi connectivity index (χ4v) is 5.02. The minimum Gasteiger partial charge on any atom is -0.350 e. The van der Waals surface area contributed by atoms with Gasteiger partial charge in [-0.15, -0.1) is 11.3 Å². The summed E-state index contributed by atoms with van der Waals surface area (Å²) >= 11 is 1.50. The maximum absolute atomic E-state index is 13.3. The first kappa shape index (κ1) is 17.8. The van der Waals surface area contributed by atoms with Gasteiger partial charge in [-0.1, -0.05) is 18.2 Å². The Morgan fingerprint density at radius 1 is 1.15 bits per heavy atom. The first-order chi connectivity index (χ1) is 13.0. The van der Waals surface area contributed by atoms with Gasteiger partial charge in [-0.3, -0.25) is 9.59 Å². The van der Waals surface area contributed by atoms with Gasteiger partial charge in [0.2, 0.25) is 0 Å². The number of carbonyl (C=O) groups excluding carboxylic acids is 2. The zero-order chi connectivity index (χ0) is 19.1. The van der Waals surface area contributed by atoms with Crippen LogP contribution in [-0.4, -0.2) is 46.8 Å². The second-order valence-corrected chi connectivity index (χ2v) is 8.34. The van der Waals surface area contributed by atoms with Crippen molar-refractivity contribution in [2.45, 2.75) is 18.9 Å². The molecule has 1 fully saturated rings. The van der Waals surface area contributed by atoms with Crippen molar-refractivity contribution < 1.29 is 9.59 Å². The molecule has 2 aromatic heterocycles. The van der Waals surface area contributed by atoms with Crippen LogP contribution in [0.3, 0.4) is 0 Å². The Labute approximate surface area is 162 Å². The summed E-state index contributed by atoms with van der Waals surface area (Å²) in [7, 11) is 5.49. The van der Waals surface area contributed by atoms with Crippen LogP contribution < -0.4 is 0 Å². The summed E-state index contributed by atoms with van der Waals surface area (Å²) in [5.41, 5.74) is 1.81. The average Bonchev–Trinajstić information content (AvgIpc) is 3.39. The topological polar surface area (TPSA) is 45.6 Å². The third-order valence-electron chi connectivity index (χ3n) is 5.21. The van der Waals surface area contributed by atoms with Crippen LogP contribution >= 0.6 is 11.3 Å². The molecule has 3 heterocycles. The molecule has 1 aliphatic heterocycles. The second-order valence-electron chi connectivity index (χ2n) is 7.23. The number of amides is 2. The highest BCUT2D eigenvalue weighted by atomic mass is 32.1. The van der Waals surface area contributed by atoms with E-state index >= 15 is 0 Å². The number of benzene rings is 1. The second kappa shape index (κ2) is 6.85. The van der Waals surface area contributed by atoms with Crippen LogP contribution in [0.4, 0.5) is 0 Å². The number of rotatable bonds is 3. The van der Waals surface area contributed by atoms with Gasteiger partial charge in [0.25, 0.3) is 11.8 Å². The number of thiophene rings is 1. The Hall–Kier alpha value is -2.60. The number of para-hydroxylation sites is 1. The van der Waals surface area contributed by atoms with Gasteiger partial charge in [0.05, 0.1) is 16.5 Å². The Kier molecular flexibility index (Phi) is 4.52. The summed E-state index contributed by atoms with van der Waals surface area (Å²) in [5, 5.41) is 0.991. The van der Waals surface area contributed by atoms with E-state index in [-0.39, 0.29) is 17.9 Å². The first-order valence-corrected chi connectivity index (χ1v) is 9.95. The number of fused-ring (bicyclic) bond motifs is 1. The smallest absolute Gasteiger partial charge is 0.263 e. The molecule has 1 aromatic carbocycles. The molecule has 6 heteroatoms. The molecule has 140 valence electrons. The quantitative estimate of drug-likeness (QED) is 0.690. The Bertz CT molecular complexity index is 1020. The zero-order valence-corrected chi connectivity index (χ0v) is 16.6. The van der Waals surface area contributed by atoms with E-state index in [0.717, 1.165) is 45.6 Å². The van der Waals surface area contributed by atoms with E-state index in [1.807, 2.05) is 59.1 Å². The van der Waals surface area contributed by atoms with Crippen LogP contribution in [0.1, 0.15) is 43.8 Å². The van der Waals surface area contributed by atoms with Gasteiger partial charge in [0.15, 0.2) is 0 Å². The van der Waals surface area contributed by atoms with E-state index in [0.29, 0.717) is 0 Å². The Morgan fingerprint density at radius 3 is 2.70 bits per heavy atom. The molecular formula is C21H23N3O2S. The highest BCUT2D eigenvalue weighted by Crippen LogP contribution is 2.38. The summed E-state index contributed by atoms with van der Waals surface area (Å²) in [6.45, 7) is 0.752. The van der Waals surface area contributed by atoms with E-state index in [1.165, 1.54) is 11.3 Å².